The Kier molecular flexibility index (Phi) is 7.90. The van der Waals surface area contributed by atoms with Crippen LogP contribution in [0.15, 0.2) is 30.3 Å². The highest BCUT2D eigenvalue weighted by Gasteiger charge is 2.26. The van der Waals surface area contributed by atoms with Crippen LogP contribution in [-0.4, -0.2) is 11.2 Å². The van der Waals surface area contributed by atoms with E-state index in [1.165, 1.54) is 19.3 Å². The number of alkyl halides is 1. The summed E-state index contributed by atoms with van der Waals surface area (Å²) in [4.78, 5) is 12.1. The first-order valence-corrected chi connectivity index (χ1v) is 8.67. The van der Waals surface area contributed by atoms with E-state index in [0.29, 0.717) is 11.8 Å². The molecule has 1 amide bonds. The number of rotatable bonds is 9. The monoisotopic (exact) mass is 339 g/mol. The molecule has 0 aliphatic carbocycles. The molecule has 1 unspecified atom stereocenters. The molecule has 0 aromatic heterocycles. The fraction of sp³-hybridized carbons (Fsp3) is 0.588. The minimum absolute atomic E-state index is 0.146. The van der Waals surface area contributed by atoms with Crippen LogP contribution >= 0.6 is 15.9 Å². The SMILES string of the molecule is CCCCCCCC(=O)NC(C)(CBr)c1ccccc1. The van der Waals surface area contributed by atoms with Gasteiger partial charge in [-0.15, -0.1) is 0 Å². The molecule has 0 aliphatic heterocycles. The van der Waals surface area contributed by atoms with E-state index in [2.05, 4.69) is 47.2 Å². The Bertz CT molecular complexity index is 393. The van der Waals surface area contributed by atoms with Crippen LogP contribution in [0.25, 0.3) is 0 Å². The number of carbonyl (C=O) groups excluding carboxylic acids is 1. The van der Waals surface area contributed by atoms with Gasteiger partial charge in [-0.25, -0.2) is 0 Å². The van der Waals surface area contributed by atoms with Crippen LogP contribution in [0.5, 0.6) is 0 Å². The van der Waals surface area contributed by atoms with Crippen molar-refractivity contribution in [1.29, 1.82) is 0 Å². The third-order valence-electron chi connectivity index (χ3n) is 3.60. The lowest BCUT2D eigenvalue weighted by molar-refractivity contribution is -0.122. The Hall–Kier alpha value is -0.830. The number of carbonyl (C=O) groups is 1. The summed E-state index contributed by atoms with van der Waals surface area (Å²) in [6, 6.07) is 10.1. The van der Waals surface area contributed by atoms with Gasteiger partial charge in [0.1, 0.15) is 0 Å². The Morgan fingerprint density at radius 1 is 1.15 bits per heavy atom. The van der Waals surface area contributed by atoms with Gasteiger partial charge in [0.2, 0.25) is 5.91 Å². The molecule has 1 aromatic carbocycles. The number of benzene rings is 1. The quantitative estimate of drug-likeness (QED) is 0.509. The second-order valence-corrected chi connectivity index (χ2v) is 6.10. The number of halogens is 1. The van der Waals surface area contributed by atoms with E-state index in [1.54, 1.807) is 0 Å². The van der Waals surface area contributed by atoms with Gasteiger partial charge >= 0.3 is 0 Å². The largest absolute Gasteiger partial charge is 0.346 e. The molecule has 1 N–H and O–H groups in total. The summed E-state index contributed by atoms with van der Waals surface area (Å²) in [5.41, 5.74) is 0.804. The van der Waals surface area contributed by atoms with Crippen LogP contribution in [0.3, 0.4) is 0 Å². The average Bonchev–Trinajstić information content (AvgIpc) is 2.48. The summed E-state index contributed by atoms with van der Waals surface area (Å²) in [6.45, 7) is 4.26. The van der Waals surface area contributed by atoms with Crippen molar-refractivity contribution in [3.8, 4) is 0 Å². The van der Waals surface area contributed by atoms with Crippen LogP contribution in [0.1, 0.15) is 57.9 Å². The van der Waals surface area contributed by atoms with Crippen molar-refractivity contribution in [1.82, 2.24) is 5.32 Å². The van der Waals surface area contributed by atoms with Gasteiger partial charge in [0, 0.05) is 11.8 Å². The minimum Gasteiger partial charge on any atom is -0.346 e. The number of amides is 1. The van der Waals surface area contributed by atoms with Gasteiger partial charge in [-0.1, -0.05) is 78.9 Å². The van der Waals surface area contributed by atoms with Gasteiger partial charge in [-0.05, 0) is 18.9 Å². The maximum atomic E-state index is 12.1. The molecule has 0 saturated heterocycles. The van der Waals surface area contributed by atoms with E-state index in [4.69, 9.17) is 0 Å². The summed E-state index contributed by atoms with van der Waals surface area (Å²) in [6.07, 6.45) is 6.50. The van der Waals surface area contributed by atoms with Gasteiger partial charge in [0.15, 0.2) is 0 Å². The molecule has 0 bridgehead atoms. The number of unbranched alkanes of at least 4 members (excludes halogenated alkanes) is 4. The zero-order chi connectivity index (χ0) is 14.8. The second-order valence-electron chi connectivity index (χ2n) is 5.54. The summed E-state index contributed by atoms with van der Waals surface area (Å²) >= 11 is 3.52. The molecule has 0 saturated carbocycles. The fourth-order valence-electron chi connectivity index (χ4n) is 2.25. The smallest absolute Gasteiger partial charge is 0.220 e. The second kappa shape index (κ2) is 9.17. The molecule has 20 heavy (non-hydrogen) atoms. The van der Waals surface area contributed by atoms with E-state index in [0.717, 1.165) is 18.4 Å². The highest BCUT2D eigenvalue weighted by atomic mass is 79.9. The summed E-state index contributed by atoms with van der Waals surface area (Å²) in [5.74, 6) is 0.146. The first kappa shape index (κ1) is 17.2. The van der Waals surface area contributed by atoms with E-state index in [-0.39, 0.29) is 11.4 Å². The van der Waals surface area contributed by atoms with Gasteiger partial charge in [0.25, 0.3) is 0 Å². The molecular formula is C17H26BrNO. The molecule has 0 aliphatic rings. The lowest BCUT2D eigenvalue weighted by Crippen LogP contribution is -2.44. The van der Waals surface area contributed by atoms with E-state index < -0.39 is 0 Å². The third-order valence-corrected chi connectivity index (χ3v) is 4.72. The zero-order valence-electron chi connectivity index (χ0n) is 12.6. The Morgan fingerprint density at radius 2 is 1.80 bits per heavy atom. The van der Waals surface area contributed by atoms with Gasteiger partial charge in [0.05, 0.1) is 5.54 Å². The number of nitrogens with one attached hydrogen (secondary N) is 1. The summed E-state index contributed by atoms with van der Waals surface area (Å²) < 4.78 is 0. The van der Waals surface area contributed by atoms with Crippen molar-refractivity contribution < 1.29 is 4.79 Å². The molecular weight excluding hydrogens is 314 g/mol. The fourth-order valence-corrected chi connectivity index (χ4v) is 2.71. The first-order valence-electron chi connectivity index (χ1n) is 7.55. The minimum atomic E-state index is -0.332. The van der Waals surface area contributed by atoms with Gasteiger partial charge in [-0.3, -0.25) is 4.79 Å². The summed E-state index contributed by atoms with van der Waals surface area (Å²) in [7, 11) is 0. The molecule has 1 atom stereocenters. The Labute approximate surface area is 131 Å². The molecule has 0 spiro atoms. The number of hydrogen-bond donors (Lipinski definition) is 1. The molecule has 112 valence electrons. The Morgan fingerprint density at radius 3 is 2.40 bits per heavy atom. The van der Waals surface area contributed by atoms with Crippen molar-refractivity contribution in [2.75, 3.05) is 5.33 Å². The molecule has 0 fully saturated rings. The number of hydrogen-bond acceptors (Lipinski definition) is 1. The maximum Gasteiger partial charge on any atom is 0.220 e. The molecule has 0 heterocycles. The lowest BCUT2D eigenvalue weighted by atomic mass is 9.94. The van der Waals surface area contributed by atoms with E-state index in [9.17, 15) is 4.79 Å². The standard InChI is InChI=1S/C17H26BrNO/c1-3-4-5-6-10-13-16(20)19-17(2,14-18)15-11-8-7-9-12-15/h7-9,11-12H,3-6,10,13-14H2,1-2H3,(H,19,20). The summed E-state index contributed by atoms with van der Waals surface area (Å²) in [5, 5.41) is 3.88. The van der Waals surface area contributed by atoms with Crippen LogP contribution in [0.4, 0.5) is 0 Å². The highest BCUT2D eigenvalue weighted by molar-refractivity contribution is 9.09. The molecule has 1 aromatic rings. The van der Waals surface area contributed by atoms with Gasteiger partial charge < -0.3 is 5.32 Å². The van der Waals surface area contributed by atoms with E-state index in [1.807, 2.05) is 18.2 Å². The molecule has 1 rings (SSSR count). The van der Waals surface area contributed by atoms with Crippen LogP contribution in [-0.2, 0) is 10.3 Å². The predicted octanol–water partition coefficient (Wildman–Crippen LogP) is 4.77. The van der Waals surface area contributed by atoms with Crippen molar-refractivity contribution in [2.24, 2.45) is 0 Å². The van der Waals surface area contributed by atoms with Crippen LogP contribution in [0.2, 0.25) is 0 Å². The van der Waals surface area contributed by atoms with Crippen molar-refractivity contribution in [3.05, 3.63) is 35.9 Å². The normalized spacial score (nSPS) is 13.8. The van der Waals surface area contributed by atoms with Gasteiger partial charge in [-0.2, -0.15) is 0 Å². The van der Waals surface area contributed by atoms with E-state index >= 15 is 0 Å². The van der Waals surface area contributed by atoms with Crippen molar-refractivity contribution in [2.45, 2.75) is 57.9 Å². The average molecular weight is 340 g/mol. The van der Waals surface area contributed by atoms with Crippen molar-refractivity contribution >= 4 is 21.8 Å². The molecule has 2 nitrogen and oxygen atoms in total. The van der Waals surface area contributed by atoms with Crippen LogP contribution < -0.4 is 5.32 Å². The third kappa shape index (κ3) is 5.66. The molecule has 0 radical (unpaired) electrons. The lowest BCUT2D eigenvalue weighted by Gasteiger charge is -2.29. The van der Waals surface area contributed by atoms with Crippen molar-refractivity contribution in [3.63, 3.8) is 0 Å². The maximum absolute atomic E-state index is 12.1. The van der Waals surface area contributed by atoms with Crippen LogP contribution in [0, 0.1) is 0 Å². The molecule has 3 heteroatoms. The highest BCUT2D eigenvalue weighted by Crippen LogP contribution is 2.23. The zero-order valence-corrected chi connectivity index (χ0v) is 14.2. The predicted molar refractivity (Wildman–Crippen MR) is 89.1 cm³/mol. The first-order chi connectivity index (χ1) is 9.62. The Balaban J connectivity index is 2.45. The topological polar surface area (TPSA) is 29.1 Å².